The summed E-state index contributed by atoms with van der Waals surface area (Å²) in [5.41, 5.74) is 1.40. The second-order valence-corrected chi connectivity index (χ2v) is 8.95. The molecule has 3 aromatic heterocycles. The third-order valence-electron chi connectivity index (χ3n) is 5.71. The fourth-order valence-electron chi connectivity index (χ4n) is 3.85. The van der Waals surface area contributed by atoms with Crippen LogP contribution in [0.15, 0.2) is 70.6 Å². The van der Waals surface area contributed by atoms with Crippen molar-refractivity contribution < 1.29 is 18.3 Å². The molecule has 0 atom stereocenters. The molecule has 0 aliphatic heterocycles. The molecule has 0 bridgehead atoms. The SMILES string of the molecule is COc1ccc(CSc2cc(F)c(Cn3c(=O)cnc4cnc5nc(OC)ccc5c43)c(F)c2)cc1. The van der Waals surface area contributed by atoms with Crippen LogP contribution in [0, 0.1) is 11.6 Å². The van der Waals surface area contributed by atoms with Crippen LogP contribution in [0.2, 0.25) is 0 Å². The first-order valence-electron chi connectivity index (χ1n) is 10.9. The molecule has 5 aromatic rings. The summed E-state index contributed by atoms with van der Waals surface area (Å²) in [6.45, 7) is -0.315. The van der Waals surface area contributed by atoms with E-state index in [2.05, 4.69) is 15.0 Å². The summed E-state index contributed by atoms with van der Waals surface area (Å²) in [5, 5.41) is 0.519. The minimum absolute atomic E-state index is 0.218. The Morgan fingerprint density at radius 2 is 1.69 bits per heavy atom. The molecule has 0 unspecified atom stereocenters. The van der Waals surface area contributed by atoms with Gasteiger partial charge in [-0.15, -0.1) is 11.8 Å². The largest absolute Gasteiger partial charge is 0.497 e. The van der Waals surface area contributed by atoms with Gasteiger partial charge < -0.3 is 9.47 Å². The highest BCUT2D eigenvalue weighted by Crippen LogP contribution is 2.29. The maximum Gasteiger partial charge on any atom is 0.269 e. The lowest BCUT2D eigenvalue weighted by molar-refractivity contribution is 0.399. The third-order valence-corrected chi connectivity index (χ3v) is 6.76. The molecular formula is C26H20F2N4O3S. The maximum atomic E-state index is 15.1. The van der Waals surface area contributed by atoms with E-state index in [1.54, 1.807) is 19.2 Å². The quantitative estimate of drug-likeness (QED) is 0.228. The Morgan fingerprint density at radius 3 is 2.39 bits per heavy atom. The first-order chi connectivity index (χ1) is 17.5. The molecule has 0 fully saturated rings. The Morgan fingerprint density at radius 1 is 0.944 bits per heavy atom. The lowest BCUT2D eigenvalue weighted by Crippen LogP contribution is -2.22. The number of aromatic nitrogens is 4. The molecule has 10 heteroatoms. The minimum atomic E-state index is -0.734. The standard InChI is InChI=1S/C26H20F2N4O3S/c1-34-16-5-3-15(4-6-16)14-36-17-9-20(27)19(21(28)10-17)13-32-24(33)12-29-22-11-30-26-18(25(22)32)7-8-23(31-26)35-2/h3-12H,13-14H2,1-2H3. The number of hydrogen-bond acceptors (Lipinski definition) is 7. The van der Waals surface area contributed by atoms with Crippen LogP contribution >= 0.6 is 11.8 Å². The van der Waals surface area contributed by atoms with Crippen LogP contribution in [0.4, 0.5) is 8.78 Å². The molecule has 7 nitrogen and oxygen atoms in total. The van der Waals surface area contributed by atoms with Gasteiger partial charge in [0, 0.05) is 27.7 Å². The molecule has 0 saturated carbocycles. The number of rotatable bonds is 7. The summed E-state index contributed by atoms with van der Waals surface area (Å²) in [6, 6.07) is 13.4. The Bertz CT molecular complexity index is 1620. The summed E-state index contributed by atoms with van der Waals surface area (Å²) in [6.07, 6.45) is 2.58. The zero-order valence-corrected chi connectivity index (χ0v) is 20.2. The van der Waals surface area contributed by atoms with E-state index in [-0.39, 0.29) is 12.1 Å². The summed E-state index contributed by atoms with van der Waals surface area (Å²) in [7, 11) is 3.07. The number of halogens is 2. The second kappa shape index (κ2) is 9.90. The van der Waals surface area contributed by atoms with Crippen molar-refractivity contribution in [3.05, 3.63) is 94.0 Å². The summed E-state index contributed by atoms with van der Waals surface area (Å²) < 4.78 is 41.8. The Hall–Kier alpha value is -4.05. The highest BCUT2D eigenvalue weighted by molar-refractivity contribution is 7.98. The van der Waals surface area contributed by atoms with Crippen LogP contribution in [-0.4, -0.2) is 33.7 Å². The number of benzene rings is 2. The first-order valence-corrected chi connectivity index (χ1v) is 11.9. The van der Waals surface area contributed by atoms with Crippen molar-refractivity contribution in [2.75, 3.05) is 14.2 Å². The van der Waals surface area contributed by atoms with Gasteiger partial charge in [-0.05, 0) is 35.9 Å². The fraction of sp³-hybridized carbons (Fsp3) is 0.154. The van der Waals surface area contributed by atoms with Gasteiger partial charge in [-0.2, -0.15) is 4.98 Å². The van der Waals surface area contributed by atoms with Gasteiger partial charge in [0.15, 0.2) is 5.65 Å². The van der Waals surface area contributed by atoms with Crippen molar-refractivity contribution in [2.45, 2.75) is 17.2 Å². The van der Waals surface area contributed by atoms with E-state index in [4.69, 9.17) is 9.47 Å². The van der Waals surface area contributed by atoms with Gasteiger partial charge in [0.25, 0.3) is 5.56 Å². The highest BCUT2D eigenvalue weighted by Gasteiger charge is 2.17. The van der Waals surface area contributed by atoms with Gasteiger partial charge in [-0.25, -0.2) is 18.7 Å². The number of fused-ring (bicyclic) bond motifs is 3. The zero-order valence-electron chi connectivity index (χ0n) is 19.4. The molecule has 36 heavy (non-hydrogen) atoms. The van der Waals surface area contributed by atoms with E-state index >= 15 is 8.78 Å². The van der Waals surface area contributed by atoms with E-state index in [0.29, 0.717) is 38.6 Å². The van der Waals surface area contributed by atoms with Crippen LogP contribution in [0.5, 0.6) is 11.6 Å². The number of pyridine rings is 2. The van der Waals surface area contributed by atoms with Crippen molar-refractivity contribution in [1.82, 2.24) is 19.5 Å². The first kappa shape index (κ1) is 23.7. The van der Waals surface area contributed by atoms with E-state index < -0.39 is 17.2 Å². The zero-order chi connectivity index (χ0) is 25.2. The summed E-state index contributed by atoms with van der Waals surface area (Å²) in [5.74, 6) is 0.158. The van der Waals surface area contributed by atoms with Gasteiger partial charge in [0.05, 0.1) is 38.7 Å². The highest BCUT2D eigenvalue weighted by atomic mass is 32.2. The maximum absolute atomic E-state index is 15.1. The van der Waals surface area contributed by atoms with E-state index in [1.165, 1.54) is 41.8 Å². The van der Waals surface area contributed by atoms with Crippen molar-refractivity contribution in [3.63, 3.8) is 0 Å². The molecule has 0 aliphatic carbocycles. The predicted octanol–water partition coefficient (Wildman–Crippen LogP) is 4.98. The topological polar surface area (TPSA) is 79.1 Å². The molecule has 0 N–H and O–H groups in total. The van der Waals surface area contributed by atoms with Crippen LogP contribution in [0.1, 0.15) is 11.1 Å². The van der Waals surface area contributed by atoms with Gasteiger partial charge >= 0.3 is 0 Å². The van der Waals surface area contributed by atoms with Crippen molar-refractivity contribution in [2.24, 2.45) is 0 Å². The van der Waals surface area contributed by atoms with E-state index in [0.717, 1.165) is 17.5 Å². The van der Waals surface area contributed by atoms with Crippen molar-refractivity contribution in [3.8, 4) is 11.6 Å². The third kappa shape index (κ3) is 4.59. The summed E-state index contributed by atoms with van der Waals surface area (Å²) >= 11 is 1.31. The van der Waals surface area contributed by atoms with Crippen molar-refractivity contribution >= 4 is 33.8 Å². The monoisotopic (exact) mass is 506 g/mol. The van der Waals surface area contributed by atoms with Gasteiger partial charge in [-0.3, -0.25) is 9.36 Å². The van der Waals surface area contributed by atoms with Crippen LogP contribution in [0.3, 0.4) is 0 Å². The second-order valence-electron chi connectivity index (χ2n) is 7.90. The predicted molar refractivity (Wildman–Crippen MR) is 134 cm³/mol. The van der Waals surface area contributed by atoms with Crippen LogP contribution in [0.25, 0.3) is 22.1 Å². The average molecular weight is 507 g/mol. The molecule has 0 aliphatic rings. The molecule has 3 heterocycles. The molecule has 182 valence electrons. The fourth-order valence-corrected chi connectivity index (χ4v) is 4.75. The van der Waals surface area contributed by atoms with Gasteiger partial charge in [-0.1, -0.05) is 12.1 Å². The number of nitrogens with zero attached hydrogens (tertiary/aromatic N) is 4. The number of hydrogen-bond donors (Lipinski definition) is 0. The van der Waals surface area contributed by atoms with E-state index in [9.17, 15) is 4.79 Å². The minimum Gasteiger partial charge on any atom is -0.497 e. The number of thioether (sulfide) groups is 1. The smallest absolute Gasteiger partial charge is 0.269 e. The number of ether oxygens (including phenoxy) is 2. The van der Waals surface area contributed by atoms with Crippen LogP contribution in [-0.2, 0) is 12.3 Å². The molecule has 2 aromatic carbocycles. The molecular weight excluding hydrogens is 486 g/mol. The average Bonchev–Trinajstić information content (AvgIpc) is 2.90. The Balaban J connectivity index is 1.49. The molecule has 0 spiro atoms. The van der Waals surface area contributed by atoms with Crippen LogP contribution < -0.4 is 15.0 Å². The molecule has 5 rings (SSSR count). The molecule has 0 radical (unpaired) electrons. The lowest BCUT2D eigenvalue weighted by Gasteiger charge is -2.14. The summed E-state index contributed by atoms with van der Waals surface area (Å²) in [4.78, 5) is 25.9. The van der Waals surface area contributed by atoms with Gasteiger partial charge in [0.2, 0.25) is 5.88 Å². The molecule has 0 saturated heterocycles. The normalized spacial score (nSPS) is 11.2. The van der Waals surface area contributed by atoms with E-state index in [1.807, 2.05) is 24.3 Å². The van der Waals surface area contributed by atoms with Gasteiger partial charge in [0.1, 0.15) is 22.9 Å². The Kier molecular flexibility index (Phi) is 6.51. The lowest BCUT2D eigenvalue weighted by atomic mass is 10.1. The van der Waals surface area contributed by atoms with Crippen molar-refractivity contribution in [1.29, 1.82) is 0 Å². The molecule has 0 amide bonds. The number of methoxy groups -OCH3 is 2. The Labute approximate surface area is 208 Å².